The second kappa shape index (κ2) is 4.63. The van der Waals surface area contributed by atoms with Gasteiger partial charge in [0.1, 0.15) is 5.75 Å². The quantitative estimate of drug-likeness (QED) is 0.598. The minimum absolute atomic E-state index is 0.512. The van der Waals surface area contributed by atoms with Crippen molar-refractivity contribution >= 4 is 11.8 Å². The maximum atomic E-state index is 10.2. The molecule has 1 heterocycles. The first-order valence-electron chi connectivity index (χ1n) is 5.01. The van der Waals surface area contributed by atoms with E-state index in [9.17, 15) is 4.79 Å². The Morgan fingerprint density at radius 3 is 2.88 bits per heavy atom. The minimum atomic E-state index is 0.512. The summed E-state index contributed by atoms with van der Waals surface area (Å²) < 4.78 is 7.11. The van der Waals surface area contributed by atoms with E-state index in [4.69, 9.17) is 4.74 Å². The first kappa shape index (κ1) is 11.1. The highest BCUT2D eigenvalue weighted by Gasteiger charge is 2.06. The molecule has 0 radical (unpaired) electrons. The van der Waals surface area contributed by atoms with E-state index in [-0.39, 0.29) is 0 Å². The van der Waals surface area contributed by atoms with Crippen LogP contribution in [0.2, 0.25) is 0 Å². The van der Waals surface area contributed by atoms with E-state index < -0.39 is 0 Å². The molecule has 0 aliphatic rings. The minimum Gasteiger partial charge on any atom is -0.494 e. The summed E-state index contributed by atoms with van der Waals surface area (Å²) in [5.41, 5.74) is 2.28. The van der Waals surface area contributed by atoms with Crippen molar-refractivity contribution in [1.29, 1.82) is 0 Å². The zero-order chi connectivity index (χ0) is 12.3. The first-order valence-corrected chi connectivity index (χ1v) is 5.01. The molecule has 2 rings (SSSR count). The van der Waals surface area contributed by atoms with Crippen molar-refractivity contribution in [2.24, 2.45) is 4.99 Å². The highest BCUT2D eigenvalue weighted by molar-refractivity contribution is 5.58. The number of nitrogens with zero attached hydrogens (tertiary/aromatic N) is 3. The molecule has 86 valence electrons. The lowest BCUT2D eigenvalue weighted by molar-refractivity contribution is 0.413. The van der Waals surface area contributed by atoms with Gasteiger partial charge in [-0.05, 0) is 19.1 Å². The van der Waals surface area contributed by atoms with Gasteiger partial charge in [0, 0.05) is 12.3 Å². The maximum absolute atomic E-state index is 10.2. The van der Waals surface area contributed by atoms with E-state index in [2.05, 4.69) is 9.98 Å². The summed E-state index contributed by atoms with van der Waals surface area (Å²) in [7, 11) is 1.57. The van der Waals surface area contributed by atoms with Gasteiger partial charge in [0.25, 0.3) is 0 Å². The summed E-state index contributed by atoms with van der Waals surface area (Å²) in [5, 5.41) is 0. The number of isocyanates is 1. The van der Waals surface area contributed by atoms with Crippen molar-refractivity contribution in [1.82, 2.24) is 9.55 Å². The van der Waals surface area contributed by atoms with E-state index in [1.54, 1.807) is 25.6 Å². The standard InChI is InChI=1S/C12H11N3O2/c1-9-6-15(7-13-9)11-4-3-10(14-8-16)5-12(11)17-2/h3-7H,1-2H3. The zero-order valence-electron chi connectivity index (χ0n) is 9.54. The Morgan fingerprint density at radius 1 is 1.47 bits per heavy atom. The lowest BCUT2D eigenvalue weighted by Crippen LogP contribution is -1.95. The number of hydrogen-bond acceptors (Lipinski definition) is 4. The van der Waals surface area contributed by atoms with Crippen LogP contribution >= 0.6 is 0 Å². The first-order chi connectivity index (χ1) is 8.24. The largest absolute Gasteiger partial charge is 0.494 e. The van der Waals surface area contributed by atoms with Gasteiger partial charge in [-0.25, -0.2) is 9.78 Å². The molecular formula is C12H11N3O2. The predicted octanol–water partition coefficient (Wildman–Crippen LogP) is 2.16. The van der Waals surface area contributed by atoms with Gasteiger partial charge in [0.15, 0.2) is 0 Å². The molecule has 0 aliphatic carbocycles. The Balaban J connectivity index is 2.51. The fourth-order valence-electron chi connectivity index (χ4n) is 1.55. The number of ether oxygens (including phenoxy) is 1. The van der Waals surface area contributed by atoms with Gasteiger partial charge in [-0.3, -0.25) is 0 Å². The van der Waals surface area contributed by atoms with Crippen LogP contribution in [-0.4, -0.2) is 22.7 Å². The molecule has 0 aliphatic heterocycles. The lowest BCUT2D eigenvalue weighted by Gasteiger charge is -2.09. The summed E-state index contributed by atoms with van der Waals surface area (Å²) in [4.78, 5) is 17.9. The molecule has 0 unspecified atom stereocenters. The smallest absolute Gasteiger partial charge is 0.240 e. The second-order valence-electron chi connectivity index (χ2n) is 3.48. The van der Waals surface area contributed by atoms with Crippen LogP contribution in [0.25, 0.3) is 5.69 Å². The maximum Gasteiger partial charge on any atom is 0.240 e. The number of hydrogen-bond donors (Lipinski definition) is 0. The molecule has 0 bridgehead atoms. The summed E-state index contributed by atoms with van der Waals surface area (Å²) in [6, 6.07) is 5.21. The third-order valence-electron chi connectivity index (χ3n) is 2.33. The Morgan fingerprint density at radius 2 is 2.29 bits per heavy atom. The van der Waals surface area contributed by atoms with E-state index >= 15 is 0 Å². The van der Waals surface area contributed by atoms with E-state index in [0.717, 1.165) is 11.4 Å². The van der Waals surface area contributed by atoms with Gasteiger partial charge in [-0.2, -0.15) is 4.99 Å². The molecule has 0 spiro atoms. The van der Waals surface area contributed by atoms with Crippen molar-refractivity contribution < 1.29 is 9.53 Å². The zero-order valence-corrected chi connectivity index (χ0v) is 9.54. The number of aromatic nitrogens is 2. The molecular weight excluding hydrogens is 218 g/mol. The van der Waals surface area contributed by atoms with Crippen LogP contribution in [0, 0.1) is 6.92 Å². The molecule has 1 aromatic carbocycles. The summed E-state index contributed by atoms with van der Waals surface area (Å²) >= 11 is 0. The van der Waals surface area contributed by atoms with Crippen molar-refractivity contribution in [2.75, 3.05) is 7.11 Å². The van der Waals surface area contributed by atoms with Crippen LogP contribution in [0.1, 0.15) is 5.69 Å². The van der Waals surface area contributed by atoms with Crippen molar-refractivity contribution in [3.8, 4) is 11.4 Å². The molecule has 5 heteroatoms. The molecule has 0 amide bonds. The highest BCUT2D eigenvalue weighted by Crippen LogP contribution is 2.27. The Hall–Kier alpha value is -2.39. The molecule has 1 aromatic heterocycles. The van der Waals surface area contributed by atoms with Gasteiger partial charge in [0.2, 0.25) is 6.08 Å². The van der Waals surface area contributed by atoms with Crippen LogP contribution in [0.4, 0.5) is 5.69 Å². The van der Waals surface area contributed by atoms with E-state index in [1.807, 2.05) is 23.8 Å². The normalized spacial score (nSPS) is 9.76. The molecule has 0 fully saturated rings. The third-order valence-corrected chi connectivity index (χ3v) is 2.33. The molecule has 0 saturated heterocycles. The van der Waals surface area contributed by atoms with Crippen LogP contribution < -0.4 is 4.74 Å². The number of aliphatic imine (C=N–C) groups is 1. The van der Waals surface area contributed by atoms with Gasteiger partial charge in [-0.15, -0.1) is 0 Å². The Kier molecular flexibility index (Phi) is 3.03. The summed E-state index contributed by atoms with van der Waals surface area (Å²) in [6.45, 7) is 1.91. The van der Waals surface area contributed by atoms with E-state index in [0.29, 0.717) is 11.4 Å². The topological polar surface area (TPSA) is 56.5 Å². The number of aryl methyl sites for hydroxylation is 1. The molecule has 0 N–H and O–H groups in total. The van der Waals surface area contributed by atoms with Crippen LogP contribution in [0.15, 0.2) is 35.7 Å². The highest BCUT2D eigenvalue weighted by atomic mass is 16.5. The lowest BCUT2D eigenvalue weighted by atomic mass is 10.2. The third kappa shape index (κ3) is 2.24. The van der Waals surface area contributed by atoms with Crippen LogP contribution in [0.3, 0.4) is 0 Å². The molecule has 2 aromatic rings. The van der Waals surface area contributed by atoms with E-state index in [1.165, 1.54) is 6.08 Å². The van der Waals surface area contributed by atoms with Gasteiger partial charge in [-0.1, -0.05) is 0 Å². The number of benzene rings is 1. The monoisotopic (exact) mass is 229 g/mol. The van der Waals surface area contributed by atoms with Crippen molar-refractivity contribution in [2.45, 2.75) is 6.92 Å². The van der Waals surface area contributed by atoms with Crippen LogP contribution in [0.5, 0.6) is 5.75 Å². The molecule has 17 heavy (non-hydrogen) atoms. The molecule has 5 nitrogen and oxygen atoms in total. The second-order valence-corrected chi connectivity index (χ2v) is 3.48. The van der Waals surface area contributed by atoms with Crippen molar-refractivity contribution in [3.63, 3.8) is 0 Å². The Bertz CT molecular complexity index is 583. The van der Waals surface area contributed by atoms with Crippen LogP contribution in [-0.2, 0) is 4.79 Å². The average molecular weight is 229 g/mol. The number of rotatable bonds is 3. The van der Waals surface area contributed by atoms with Crippen molar-refractivity contribution in [3.05, 3.63) is 36.4 Å². The SMILES string of the molecule is COc1cc(N=C=O)ccc1-n1cnc(C)c1. The molecule has 0 atom stereocenters. The van der Waals surface area contributed by atoms with Gasteiger partial charge in [0.05, 0.1) is 30.5 Å². The Labute approximate surface area is 98.4 Å². The fraction of sp³-hybridized carbons (Fsp3) is 0.167. The fourth-order valence-corrected chi connectivity index (χ4v) is 1.55. The number of methoxy groups -OCH3 is 1. The molecule has 0 saturated carbocycles. The number of carbonyl (C=O) groups excluding carboxylic acids is 1. The van der Waals surface area contributed by atoms with Gasteiger partial charge < -0.3 is 9.30 Å². The summed E-state index contributed by atoms with van der Waals surface area (Å²) in [6.07, 6.45) is 5.09. The predicted molar refractivity (Wildman–Crippen MR) is 62.6 cm³/mol. The summed E-state index contributed by atoms with van der Waals surface area (Å²) in [5.74, 6) is 0.624. The average Bonchev–Trinajstić information content (AvgIpc) is 2.76. The number of imidazole rings is 1. The van der Waals surface area contributed by atoms with Gasteiger partial charge >= 0.3 is 0 Å².